The van der Waals surface area contributed by atoms with E-state index >= 15 is 0 Å². The summed E-state index contributed by atoms with van der Waals surface area (Å²) in [6, 6.07) is 7.92. The summed E-state index contributed by atoms with van der Waals surface area (Å²) < 4.78 is 6.38. The van der Waals surface area contributed by atoms with Crippen LogP contribution >= 0.6 is 11.6 Å². The number of rotatable bonds is 6. The number of carboxylic acid groups (broad SMARTS) is 1. The Hall–Kier alpha value is -2.54. The second-order valence-electron chi connectivity index (χ2n) is 4.88. The third-order valence-electron chi connectivity index (χ3n) is 3.06. The van der Waals surface area contributed by atoms with Crippen LogP contribution in [0.15, 0.2) is 36.5 Å². The number of aliphatic carboxylic acids is 1. The molecule has 1 unspecified atom stereocenters. The third kappa shape index (κ3) is 5.00. The van der Waals surface area contributed by atoms with E-state index in [1.165, 1.54) is 10.9 Å². The Labute approximate surface area is 137 Å². The van der Waals surface area contributed by atoms with Crippen molar-refractivity contribution in [2.75, 3.05) is 0 Å². The second-order valence-corrected chi connectivity index (χ2v) is 5.29. The lowest BCUT2D eigenvalue weighted by Gasteiger charge is -2.14. The van der Waals surface area contributed by atoms with Gasteiger partial charge in [0.1, 0.15) is 12.6 Å². The first kappa shape index (κ1) is 16.8. The summed E-state index contributed by atoms with van der Waals surface area (Å²) in [5.74, 6) is -1.19. The summed E-state index contributed by atoms with van der Waals surface area (Å²) in [5, 5.41) is 16.0. The number of ether oxygens (including phenoxy) is 1. The highest BCUT2D eigenvalue weighted by Gasteiger charge is 2.22. The highest BCUT2D eigenvalue weighted by atomic mass is 35.5. The largest absolute Gasteiger partial charge is 0.480 e. The van der Waals surface area contributed by atoms with Crippen molar-refractivity contribution in [1.82, 2.24) is 15.1 Å². The second kappa shape index (κ2) is 7.64. The quantitative estimate of drug-likeness (QED) is 0.843. The molecule has 1 aromatic carbocycles. The van der Waals surface area contributed by atoms with E-state index in [-0.39, 0.29) is 13.2 Å². The smallest absolute Gasteiger partial charge is 0.408 e. The number of alkyl carbamates (subject to hydrolysis) is 1. The molecule has 0 radical (unpaired) electrons. The Kier molecular flexibility index (Phi) is 5.59. The number of carbonyl (C=O) groups excluding carboxylic acids is 1. The molecular formula is C15H16ClN3O4. The average molecular weight is 338 g/mol. The van der Waals surface area contributed by atoms with Gasteiger partial charge < -0.3 is 15.2 Å². The zero-order chi connectivity index (χ0) is 16.8. The SMILES string of the molecule is Cc1nn(CC(NC(=O)OCc2ccccc2)C(=O)O)cc1Cl. The highest BCUT2D eigenvalue weighted by Crippen LogP contribution is 2.12. The Morgan fingerprint density at radius 2 is 2.09 bits per heavy atom. The molecule has 122 valence electrons. The first-order chi connectivity index (χ1) is 11.0. The minimum Gasteiger partial charge on any atom is -0.480 e. The highest BCUT2D eigenvalue weighted by molar-refractivity contribution is 6.31. The number of carbonyl (C=O) groups is 2. The van der Waals surface area contributed by atoms with Crippen LogP contribution in [0.25, 0.3) is 0 Å². The number of aromatic nitrogens is 2. The fourth-order valence-corrected chi connectivity index (χ4v) is 2.02. The van der Waals surface area contributed by atoms with E-state index in [9.17, 15) is 14.7 Å². The third-order valence-corrected chi connectivity index (χ3v) is 3.43. The van der Waals surface area contributed by atoms with E-state index in [1.54, 1.807) is 19.1 Å². The molecule has 1 amide bonds. The normalized spacial score (nSPS) is 11.7. The van der Waals surface area contributed by atoms with Crippen molar-refractivity contribution in [1.29, 1.82) is 0 Å². The minimum absolute atomic E-state index is 0.0523. The van der Waals surface area contributed by atoms with E-state index in [1.807, 2.05) is 18.2 Å². The van der Waals surface area contributed by atoms with Crippen molar-refractivity contribution in [3.8, 4) is 0 Å². The fraction of sp³-hybridized carbons (Fsp3) is 0.267. The lowest BCUT2D eigenvalue weighted by atomic mass is 10.2. The number of aryl methyl sites for hydroxylation is 1. The summed E-state index contributed by atoms with van der Waals surface area (Å²) in [5.41, 5.74) is 1.39. The van der Waals surface area contributed by atoms with Gasteiger partial charge >= 0.3 is 12.1 Å². The van der Waals surface area contributed by atoms with Crippen LogP contribution in [0.2, 0.25) is 5.02 Å². The number of hydrogen-bond acceptors (Lipinski definition) is 4. The van der Waals surface area contributed by atoms with E-state index in [0.29, 0.717) is 10.7 Å². The van der Waals surface area contributed by atoms with Gasteiger partial charge in [0.2, 0.25) is 0 Å². The van der Waals surface area contributed by atoms with E-state index in [4.69, 9.17) is 16.3 Å². The van der Waals surface area contributed by atoms with Crippen molar-refractivity contribution < 1.29 is 19.4 Å². The number of carboxylic acids is 1. The van der Waals surface area contributed by atoms with Gasteiger partial charge in [-0.15, -0.1) is 0 Å². The maximum atomic E-state index is 11.7. The number of halogens is 1. The van der Waals surface area contributed by atoms with Crippen LogP contribution in [0.4, 0.5) is 4.79 Å². The monoisotopic (exact) mass is 337 g/mol. The molecule has 0 saturated heterocycles. The van der Waals surface area contributed by atoms with Crippen molar-refractivity contribution in [2.45, 2.75) is 26.1 Å². The van der Waals surface area contributed by atoms with Crippen LogP contribution < -0.4 is 5.32 Å². The topological polar surface area (TPSA) is 93.5 Å². The lowest BCUT2D eigenvalue weighted by Crippen LogP contribution is -2.44. The minimum atomic E-state index is -1.19. The summed E-state index contributed by atoms with van der Waals surface area (Å²) >= 11 is 5.87. The Balaban J connectivity index is 1.91. The van der Waals surface area contributed by atoms with Gasteiger partial charge in [-0.2, -0.15) is 5.10 Å². The predicted octanol–water partition coefficient (Wildman–Crippen LogP) is 2.22. The standard InChI is InChI=1S/C15H16ClN3O4/c1-10-12(16)7-19(18-10)8-13(14(20)21)17-15(22)23-9-11-5-3-2-4-6-11/h2-7,13H,8-9H2,1H3,(H,17,22)(H,20,21). The molecule has 23 heavy (non-hydrogen) atoms. The molecule has 1 atom stereocenters. The zero-order valence-corrected chi connectivity index (χ0v) is 13.2. The molecule has 1 heterocycles. The van der Waals surface area contributed by atoms with Gasteiger partial charge in [0.05, 0.1) is 17.3 Å². The number of nitrogens with one attached hydrogen (secondary N) is 1. The zero-order valence-electron chi connectivity index (χ0n) is 12.4. The number of benzene rings is 1. The molecule has 0 fully saturated rings. The van der Waals surface area contributed by atoms with Gasteiger partial charge in [-0.25, -0.2) is 9.59 Å². The van der Waals surface area contributed by atoms with Gasteiger partial charge in [0.25, 0.3) is 0 Å². The molecule has 0 spiro atoms. The van der Waals surface area contributed by atoms with Gasteiger partial charge in [0.15, 0.2) is 0 Å². The van der Waals surface area contributed by atoms with Crippen LogP contribution in [0.5, 0.6) is 0 Å². The first-order valence-corrected chi connectivity index (χ1v) is 7.23. The van der Waals surface area contributed by atoms with Gasteiger partial charge in [-0.05, 0) is 12.5 Å². The molecule has 8 heteroatoms. The van der Waals surface area contributed by atoms with E-state index in [0.717, 1.165) is 5.56 Å². The maximum Gasteiger partial charge on any atom is 0.408 e. The number of nitrogens with zero attached hydrogens (tertiary/aromatic N) is 2. The van der Waals surface area contributed by atoms with Crippen LogP contribution in [-0.2, 0) is 22.7 Å². The molecule has 1 aromatic heterocycles. The molecule has 7 nitrogen and oxygen atoms in total. The Morgan fingerprint density at radius 3 is 2.65 bits per heavy atom. The van der Waals surface area contributed by atoms with E-state index in [2.05, 4.69) is 10.4 Å². The molecule has 2 N–H and O–H groups in total. The van der Waals surface area contributed by atoms with Gasteiger partial charge in [0, 0.05) is 6.20 Å². The van der Waals surface area contributed by atoms with Crippen LogP contribution in [0.3, 0.4) is 0 Å². The predicted molar refractivity (Wildman–Crippen MR) is 83.2 cm³/mol. The Bertz CT molecular complexity index is 668. The molecule has 0 aliphatic heterocycles. The van der Waals surface area contributed by atoms with Crippen molar-refractivity contribution in [2.24, 2.45) is 0 Å². The van der Waals surface area contributed by atoms with Crippen LogP contribution in [0.1, 0.15) is 11.3 Å². The average Bonchev–Trinajstić information content (AvgIpc) is 2.83. The fourth-order valence-electron chi connectivity index (χ4n) is 1.87. The summed E-state index contributed by atoms with van der Waals surface area (Å²) in [6.45, 7) is 1.71. The van der Waals surface area contributed by atoms with Gasteiger partial charge in [-0.1, -0.05) is 41.9 Å². The summed E-state index contributed by atoms with van der Waals surface area (Å²) in [4.78, 5) is 23.0. The summed E-state index contributed by atoms with van der Waals surface area (Å²) in [6.07, 6.45) is 0.695. The summed E-state index contributed by atoms with van der Waals surface area (Å²) in [7, 11) is 0. The number of amides is 1. The van der Waals surface area contributed by atoms with Crippen LogP contribution in [-0.4, -0.2) is 33.0 Å². The maximum absolute atomic E-state index is 11.7. The van der Waals surface area contributed by atoms with Crippen molar-refractivity contribution in [3.63, 3.8) is 0 Å². The molecule has 0 aliphatic carbocycles. The van der Waals surface area contributed by atoms with Gasteiger partial charge in [-0.3, -0.25) is 4.68 Å². The van der Waals surface area contributed by atoms with E-state index < -0.39 is 18.1 Å². The molecular weight excluding hydrogens is 322 g/mol. The lowest BCUT2D eigenvalue weighted by molar-refractivity contribution is -0.139. The van der Waals surface area contributed by atoms with Crippen molar-refractivity contribution >= 4 is 23.7 Å². The Morgan fingerprint density at radius 1 is 1.39 bits per heavy atom. The molecule has 2 rings (SSSR count). The van der Waals surface area contributed by atoms with Crippen LogP contribution in [0, 0.1) is 6.92 Å². The molecule has 0 aliphatic rings. The molecule has 0 saturated carbocycles. The number of hydrogen-bond donors (Lipinski definition) is 2. The van der Waals surface area contributed by atoms with Crippen molar-refractivity contribution in [3.05, 3.63) is 52.8 Å². The first-order valence-electron chi connectivity index (χ1n) is 6.85. The molecule has 2 aromatic rings. The molecule has 0 bridgehead atoms.